The molecular weight excluding hydrogens is 304 g/mol. The van der Waals surface area contributed by atoms with E-state index >= 15 is 0 Å². The van der Waals surface area contributed by atoms with Crippen LogP contribution in [0.4, 0.5) is 0 Å². The lowest BCUT2D eigenvalue weighted by atomic mass is 9.49. The van der Waals surface area contributed by atoms with E-state index in [1.807, 2.05) is 27.7 Å². The van der Waals surface area contributed by atoms with Gasteiger partial charge in [-0.3, -0.25) is 4.79 Å². The summed E-state index contributed by atoms with van der Waals surface area (Å²) in [5.74, 6) is -0.314. The van der Waals surface area contributed by atoms with E-state index in [2.05, 4.69) is 6.92 Å². The van der Waals surface area contributed by atoms with Gasteiger partial charge in [-0.05, 0) is 36.2 Å². The first kappa shape index (κ1) is 17.3. The topological polar surface area (TPSA) is 77.8 Å². The Morgan fingerprint density at radius 3 is 2.38 bits per heavy atom. The van der Waals surface area contributed by atoms with Crippen molar-refractivity contribution in [3.63, 3.8) is 0 Å². The van der Waals surface area contributed by atoms with Gasteiger partial charge in [0.15, 0.2) is 17.3 Å². The first-order valence-electron chi connectivity index (χ1n) is 8.82. The van der Waals surface area contributed by atoms with Gasteiger partial charge in [-0.1, -0.05) is 34.6 Å². The summed E-state index contributed by atoms with van der Waals surface area (Å²) in [7, 11) is 0. The molecule has 1 aromatic carbocycles. The van der Waals surface area contributed by atoms with Crippen LogP contribution in [0.5, 0.6) is 11.5 Å². The van der Waals surface area contributed by atoms with Crippen molar-refractivity contribution in [3.05, 3.63) is 22.8 Å². The molecule has 0 amide bonds. The first-order valence-corrected chi connectivity index (χ1v) is 8.82. The number of rotatable bonds is 1. The van der Waals surface area contributed by atoms with Crippen LogP contribution in [0.25, 0.3) is 0 Å². The van der Waals surface area contributed by atoms with Gasteiger partial charge in [0.2, 0.25) is 0 Å². The van der Waals surface area contributed by atoms with Gasteiger partial charge in [-0.15, -0.1) is 0 Å². The van der Waals surface area contributed by atoms with Crippen molar-refractivity contribution in [2.45, 2.75) is 71.3 Å². The van der Waals surface area contributed by atoms with Crippen LogP contribution in [0, 0.1) is 11.3 Å². The minimum Gasteiger partial charge on any atom is -0.504 e. The molecule has 0 aliphatic heterocycles. The minimum atomic E-state index is -0.462. The van der Waals surface area contributed by atoms with E-state index < -0.39 is 16.9 Å². The van der Waals surface area contributed by atoms with Crippen LogP contribution in [0.15, 0.2) is 6.07 Å². The standard InChI is InChI=1S/C20H28O4/c1-10(2)11-8-12-13(21)9-14-19(3,4)15(22)6-7-20(14,5)16(12)18(24)17(11)23/h8,10,14-15,22-24H,6-7,9H2,1-5H3. The zero-order valence-corrected chi connectivity index (χ0v) is 15.2. The predicted molar refractivity (Wildman–Crippen MR) is 92.7 cm³/mol. The third-order valence-electron chi connectivity index (χ3n) is 6.65. The Labute approximate surface area is 143 Å². The van der Waals surface area contributed by atoms with Crippen molar-refractivity contribution >= 4 is 5.78 Å². The molecule has 0 saturated heterocycles. The number of hydrogen-bond donors (Lipinski definition) is 3. The average Bonchev–Trinajstić information content (AvgIpc) is 2.49. The normalized spacial score (nSPS) is 31.7. The van der Waals surface area contributed by atoms with Crippen LogP contribution in [-0.2, 0) is 5.41 Å². The number of phenols is 2. The number of aliphatic hydroxyl groups is 1. The molecule has 4 heteroatoms. The van der Waals surface area contributed by atoms with E-state index in [0.29, 0.717) is 36.0 Å². The summed E-state index contributed by atoms with van der Waals surface area (Å²) < 4.78 is 0. The van der Waals surface area contributed by atoms with Gasteiger partial charge in [0.05, 0.1) is 6.10 Å². The molecule has 4 nitrogen and oxygen atoms in total. The molecule has 0 spiro atoms. The maximum atomic E-state index is 12.8. The highest BCUT2D eigenvalue weighted by Crippen LogP contribution is 2.60. The van der Waals surface area contributed by atoms with Gasteiger partial charge in [0.25, 0.3) is 0 Å². The van der Waals surface area contributed by atoms with Gasteiger partial charge < -0.3 is 15.3 Å². The second-order valence-corrected chi connectivity index (χ2v) is 8.71. The van der Waals surface area contributed by atoms with Crippen LogP contribution >= 0.6 is 0 Å². The number of hydrogen-bond acceptors (Lipinski definition) is 4. The Morgan fingerprint density at radius 2 is 1.79 bits per heavy atom. The highest BCUT2D eigenvalue weighted by molar-refractivity contribution is 6.01. The van der Waals surface area contributed by atoms with E-state index in [0.717, 1.165) is 0 Å². The third kappa shape index (κ3) is 2.12. The molecule has 2 aliphatic rings. The lowest BCUT2D eigenvalue weighted by Crippen LogP contribution is -2.54. The lowest BCUT2D eigenvalue weighted by Gasteiger charge is -2.55. The molecule has 3 atom stereocenters. The van der Waals surface area contributed by atoms with Crippen molar-refractivity contribution < 1.29 is 20.1 Å². The molecule has 3 unspecified atom stereocenters. The number of carbonyl (C=O) groups is 1. The van der Waals surface area contributed by atoms with Gasteiger partial charge >= 0.3 is 0 Å². The molecule has 0 bridgehead atoms. The van der Waals surface area contributed by atoms with Crippen molar-refractivity contribution in [2.24, 2.45) is 11.3 Å². The van der Waals surface area contributed by atoms with E-state index in [1.54, 1.807) is 6.07 Å². The zero-order chi connectivity index (χ0) is 18.0. The lowest BCUT2D eigenvalue weighted by molar-refractivity contribution is -0.0692. The second kappa shape index (κ2) is 5.22. The molecule has 0 heterocycles. The van der Waals surface area contributed by atoms with Crippen molar-refractivity contribution in [1.82, 2.24) is 0 Å². The summed E-state index contributed by atoms with van der Waals surface area (Å²) in [5, 5.41) is 31.7. The predicted octanol–water partition coefficient (Wildman–Crippen LogP) is 3.86. The van der Waals surface area contributed by atoms with Gasteiger partial charge in [0.1, 0.15) is 0 Å². The fourth-order valence-corrected chi connectivity index (χ4v) is 5.04. The Kier molecular flexibility index (Phi) is 3.76. The Morgan fingerprint density at radius 1 is 1.17 bits per heavy atom. The Bertz CT molecular complexity index is 704. The van der Waals surface area contributed by atoms with E-state index in [9.17, 15) is 20.1 Å². The molecule has 3 rings (SSSR count). The fraction of sp³-hybridized carbons (Fsp3) is 0.650. The van der Waals surface area contributed by atoms with Gasteiger partial charge in [0, 0.05) is 28.5 Å². The van der Waals surface area contributed by atoms with Crippen LogP contribution in [0.3, 0.4) is 0 Å². The van der Waals surface area contributed by atoms with Crippen molar-refractivity contribution in [3.8, 4) is 11.5 Å². The molecule has 0 radical (unpaired) electrons. The number of phenolic OH excluding ortho intramolecular Hbond substituents is 2. The van der Waals surface area contributed by atoms with E-state index in [4.69, 9.17) is 0 Å². The number of aromatic hydroxyl groups is 2. The Balaban J connectivity index is 2.28. The molecule has 3 N–H and O–H groups in total. The SMILES string of the molecule is CC(C)c1cc2c(c(O)c1O)C1(C)CCC(O)C(C)(C)C1CC2=O. The maximum Gasteiger partial charge on any atom is 0.163 e. The molecular formula is C20H28O4. The summed E-state index contributed by atoms with van der Waals surface area (Å²) in [6.45, 7) is 9.91. The maximum absolute atomic E-state index is 12.8. The Hall–Kier alpha value is -1.55. The van der Waals surface area contributed by atoms with Crippen LogP contribution < -0.4 is 0 Å². The van der Waals surface area contributed by atoms with Crippen molar-refractivity contribution in [2.75, 3.05) is 0 Å². The molecule has 0 aromatic heterocycles. The number of ketones is 1. The molecule has 24 heavy (non-hydrogen) atoms. The average molecular weight is 332 g/mol. The highest BCUT2D eigenvalue weighted by Gasteiger charge is 2.56. The van der Waals surface area contributed by atoms with Gasteiger partial charge in [-0.2, -0.15) is 0 Å². The largest absolute Gasteiger partial charge is 0.504 e. The number of benzene rings is 1. The first-order chi connectivity index (χ1) is 11.0. The summed E-state index contributed by atoms with van der Waals surface area (Å²) in [5.41, 5.74) is 0.879. The molecule has 1 fully saturated rings. The molecule has 132 valence electrons. The third-order valence-corrected chi connectivity index (χ3v) is 6.65. The van der Waals surface area contributed by atoms with E-state index in [1.165, 1.54) is 0 Å². The fourth-order valence-electron chi connectivity index (χ4n) is 5.04. The highest BCUT2D eigenvalue weighted by atomic mass is 16.3. The molecule has 1 aromatic rings. The number of Topliss-reactive ketones (excluding diaryl/α,β-unsaturated/α-hetero) is 1. The number of fused-ring (bicyclic) bond motifs is 3. The molecule has 2 aliphatic carbocycles. The van der Waals surface area contributed by atoms with Crippen LogP contribution in [0.1, 0.15) is 81.3 Å². The number of carbonyl (C=O) groups excluding carboxylic acids is 1. The van der Waals surface area contributed by atoms with Crippen LogP contribution in [-0.4, -0.2) is 27.2 Å². The van der Waals surface area contributed by atoms with Gasteiger partial charge in [-0.25, -0.2) is 0 Å². The second-order valence-electron chi connectivity index (χ2n) is 8.71. The van der Waals surface area contributed by atoms with Crippen molar-refractivity contribution in [1.29, 1.82) is 0 Å². The van der Waals surface area contributed by atoms with Crippen LogP contribution in [0.2, 0.25) is 0 Å². The number of aliphatic hydroxyl groups excluding tert-OH is 1. The molecule has 1 saturated carbocycles. The quantitative estimate of drug-likeness (QED) is 0.682. The summed E-state index contributed by atoms with van der Waals surface area (Å²) in [6, 6.07) is 1.76. The summed E-state index contributed by atoms with van der Waals surface area (Å²) in [6.07, 6.45) is 1.22. The smallest absolute Gasteiger partial charge is 0.163 e. The summed E-state index contributed by atoms with van der Waals surface area (Å²) in [4.78, 5) is 12.8. The van der Waals surface area contributed by atoms with E-state index in [-0.39, 0.29) is 29.1 Å². The monoisotopic (exact) mass is 332 g/mol. The zero-order valence-electron chi connectivity index (χ0n) is 15.2. The minimum absolute atomic E-state index is 0.00755. The summed E-state index contributed by atoms with van der Waals surface area (Å²) >= 11 is 0.